The Morgan fingerprint density at radius 3 is 2.85 bits per heavy atom. The summed E-state index contributed by atoms with van der Waals surface area (Å²) in [6, 6.07) is 9.90. The van der Waals surface area contributed by atoms with Gasteiger partial charge in [-0.15, -0.1) is 0 Å². The Bertz CT molecular complexity index is 935. The quantitative estimate of drug-likeness (QED) is 0.737. The molecule has 0 bridgehead atoms. The Morgan fingerprint density at radius 1 is 1.15 bits per heavy atom. The summed E-state index contributed by atoms with van der Waals surface area (Å²) in [6.07, 6.45) is 1.16. The van der Waals surface area contributed by atoms with Gasteiger partial charge in [0.2, 0.25) is 6.79 Å². The number of aliphatic hydroxyl groups is 1. The number of ether oxygens (including phenoxy) is 3. The van der Waals surface area contributed by atoms with Gasteiger partial charge >= 0.3 is 0 Å². The van der Waals surface area contributed by atoms with Crippen molar-refractivity contribution in [2.24, 2.45) is 0 Å². The van der Waals surface area contributed by atoms with Gasteiger partial charge in [-0.2, -0.15) is 0 Å². The zero-order chi connectivity index (χ0) is 18.1. The molecule has 6 heteroatoms. The molecule has 0 saturated heterocycles. The van der Waals surface area contributed by atoms with Crippen LogP contribution in [0.25, 0.3) is 11.0 Å². The fourth-order valence-corrected chi connectivity index (χ4v) is 3.08. The maximum absolute atomic E-state index is 10.3. The number of hydrogen-bond donors (Lipinski definition) is 1. The van der Waals surface area contributed by atoms with Crippen LogP contribution in [0.5, 0.6) is 11.5 Å². The lowest BCUT2D eigenvalue weighted by molar-refractivity contribution is 0.0208. The highest BCUT2D eigenvalue weighted by Crippen LogP contribution is 2.32. The molecule has 1 aliphatic heterocycles. The minimum absolute atomic E-state index is 0.249. The third-order valence-corrected chi connectivity index (χ3v) is 4.66. The summed E-state index contributed by atoms with van der Waals surface area (Å²) in [6.45, 7) is 5.52. The molecule has 2 aromatic carbocycles. The van der Waals surface area contributed by atoms with Gasteiger partial charge in [-0.3, -0.25) is 0 Å². The maximum Gasteiger partial charge on any atom is 0.231 e. The molecule has 1 aromatic heterocycles. The zero-order valence-corrected chi connectivity index (χ0v) is 14.9. The molecule has 3 aromatic rings. The van der Waals surface area contributed by atoms with Gasteiger partial charge in [-0.1, -0.05) is 6.07 Å². The number of imidazole rings is 1. The van der Waals surface area contributed by atoms with E-state index in [9.17, 15) is 5.11 Å². The second kappa shape index (κ2) is 6.97. The van der Waals surface area contributed by atoms with E-state index in [1.54, 1.807) is 6.33 Å². The molecule has 0 aliphatic carbocycles. The zero-order valence-electron chi connectivity index (χ0n) is 14.9. The molecule has 0 amide bonds. The van der Waals surface area contributed by atoms with Gasteiger partial charge in [0.25, 0.3) is 0 Å². The minimum Gasteiger partial charge on any atom is -0.454 e. The van der Waals surface area contributed by atoms with E-state index in [0.29, 0.717) is 13.2 Å². The van der Waals surface area contributed by atoms with Crippen molar-refractivity contribution in [1.82, 2.24) is 9.55 Å². The molecule has 1 N–H and O–H groups in total. The standard InChI is InChI=1S/C20H22N2O4/c1-13-5-17-18(6-14(13)2)22(11-21-17)8-16(23)10-24-9-15-3-4-19-20(7-15)26-12-25-19/h3-7,11,16,23H,8-10,12H2,1-2H3/t16-/m0/s1. The summed E-state index contributed by atoms with van der Waals surface area (Å²) in [5.41, 5.74) is 5.40. The average molecular weight is 354 g/mol. The Hall–Kier alpha value is -2.57. The van der Waals surface area contributed by atoms with Crippen LogP contribution in [0, 0.1) is 13.8 Å². The molecule has 1 aliphatic rings. The average Bonchev–Trinajstić information content (AvgIpc) is 3.22. The van der Waals surface area contributed by atoms with Crippen LogP contribution in [-0.4, -0.2) is 34.2 Å². The van der Waals surface area contributed by atoms with Crippen LogP contribution in [0.4, 0.5) is 0 Å². The van der Waals surface area contributed by atoms with Crippen molar-refractivity contribution < 1.29 is 19.3 Å². The minimum atomic E-state index is -0.608. The maximum atomic E-state index is 10.3. The first kappa shape index (κ1) is 16.9. The van der Waals surface area contributed by atoms with Gasteiger partial charge in [0.1, 0.15) is 0 Å². The van der Waals surface area contributed by atoms with Gasteiger partial charge in [0, 0.05) is 0 Å². The number of aliphatic hydroxyl groups excluding tert-OH is 1. The fourth-order valence-electron chi connectivity index (χ4n) is 3.08. The van der Waals surface area contributed by atoms with E-state index >= 15 is 0 Å². The monoisotopic (exact) mass is 354 g/mol. The Labute approximate surface area is 151 Å². The first-order chi connectivity index (χ1) is 12.6. The van der Waals surface area contributed by atoms with Gasteiger partial charge in [-0.25, -0.2) is 4.98 Å². The lowest BCUT2D eigenvalue weighted by Gasteiger charge is -2.13. The Kier molecular flexibility index (Phi) is 4.53. The second-order valence-electron chi connectivity index (χ2n) is 6.68. The normalized spacial score (nSPS) is 14.1. The van der Waals surface area contributed by atoms with E-state index in [1.165, 1.54) is 11.1 Å². The molecule has 6 nitrogen and oxygen atoms in total. The Morgan fingerprint density at radius 2 is 1.96 bits per heavy atom. The van der Waals surface area contributed by atoms with Crippen molar-refractivity contribution in [3.05, 3.63) is 53.3 Å². The molecule has 0 fully saturated rings. The number of fused-ring (bicyclic) bond motifs is 2. The smallest absolute Gasteiger partial charge is 0.231 e. The van der Waals surface area contributed by atoms with Crippen molar-refractivity contribution in [1.29, 1.82) is 0 Å². The van der Waals surface area contributed by atoms with Crippen LogP contribution in [0.3, 0.4) is 0 Å². The molecule has 0 spiro atoms. The van der Waals surface area contributed by atoms with Crippen LogP contribution < -0.4 is 9.47 Å². The van der Waals surface area contributed by atoms with Gasteiger partial charge < -0.3 is 23.9 Å². The van der Waals surface area contributed by atoms with Gasteiger partial charge in [-0.05, 0) is 54.8 Å². The van der Waals surface area contributed by atoms with E-state index in [-0.39, 0.29) is 13.4 Å². The molecule has 0 unspecified atom stereocenters. The highest BCUT2D eigenvalue weighted by Gasteiger charge is 2.14. The molecule has 2 heterocycles. The summed E-state index contributed by atoms with van der Waals surface area (Å²) < 4.78 is 18.3. The molecule has 4 rings (SSSR count). The molecule has 0 saturated carbocycles. The van der Waals surface area contributed by atoms with E-state index in [0.717, 1.165) is 28.1 Å². The third-order valence-electron chi connectivity index (χ3n) is 4.66. The molecule has 1 atom stereocenters. The van der Waals surface area contributed by atoms with Crippen molar-refractivity contribution in [2.75, 3.05) is 13.4 Å². The molecule has 0 radical (unpaired) electrons. The van der Waals surface area contributed by atoms with Crippen molar-refractivity contribution in [3.63, 3.8) is 0 Å². The third kappa shape index (κ3) is 3.38. The largest absolute Gasteiger partial charge is 0.454 e. The van der Waals surface area contributed by atoms with Gasteiger partial charge in [0.15, 0.2) is 11.5 Å². The van der Waals surface area contributed by atoms with E-state index < -0.39 is 6.10 Å². The summed E-state index contributed by atoms with van der Waals surface area (Å²) in [7, 11) is 0. The SMILES string of the molecule is Cc1cc2ncn(C[C@H](O)COCc3ccc4c(c3)OCO4)c2cc1C. The lowest BCUT2D eigenvalue weighted by Crippen LogP contribution is -2.21. The summed E-state index contributed by atoms with van der Waals surface area (Å²) in [4.78, 5) is 4.42. The number of benzene rings is 2. The topological polar surface area (TPSA) is 65.7 Å². The van der Waals surface area contributed by atoms with E-state index in [4.69, 9.17) is 14.2 Å². The predicted molar refractivity (Wildman–Crippen MR) is 97.4 cm³/mol. The molecular formula is C20H22N2O4. The molecular weight excluding hydrogens is 332 g/mol. The van der Waals surface area contributed by atoms with Crippen molar-refractivity contribution in [2.45, 2.75) is 33.1 Å². The number of aryl methyl sites for hydroxylation is 2. The van der Waals surface area contributed by atoms with Gasteiger partial charge in [0.05, 0.1) is 43.2 Å². The van der Waals surface area contributed by atoms with Crippen LogP contribution >= 0.6 is 0 Å². The molecule has 26 heavy (non-hydrogen) atoms. The highest BCUT2D eigenvalue weighted by atomic mass is 16.7. The van der Waals surface area contributed by atoms with Crippen molar-refractivity contribution >= 4 is 11.0 Å². The van der Waals surface area contributed by atoms with E-state index in [1.807, 2.05) is 22.8 Å². The molecule has 136 valence electrons. The Balaban J connectivity index is 1.34. The number of rotatable bonds is 6. The van der Waals surface area contributed by atoms with Crippen LogP contribution in [-0.2, 0) is 17.9 Å². The highest BCUT2D eigenvalue weighted by molar-refractivity contribution is 5.77. The van der Waals surface area contributed by atoms with E-state index in [2.05, 4.69) is 31.0 Å². The summed E-state index contributed by atoms with van der Waals surface area (Å²) in [5.74, 6) is 1.49. The number of hydrogen-bond acceptors (Lipinski definition) is 5. The summed E-state index contributed by atoms with van der Waals surface area (Å²) >= 11 is 0. The number of aromatic nitrogens is 2. The van der Waals surface area contributed by atoms with Crippen LogP contribution in [0.2, 0.25) is 0 Å². The second-order valence-corrected chi connectivity index (χ2v) is 6.68. The fraction of sp³-hybridized carbons (Fsp3) is 0.350. The first-order valence-corrected chi connectivity index (χ1v) is 8.66. The van der Waals surface area contributed by atoms with Crippen molar-refractivity contribution in [3.8, 4) is 11.5 Å². The lowest BCUT2D eigenvalue weighted by atomic mass is 10.1. The summed E-state index contributed by atoms with van der Waals surface area (Å²) in [5, 5.41) is 10.3. The predicted octanol–water partition coefficient (Wildman–Crippen LogP) is 2.96. The number of nitrogens with zero attached hydrogens (tertiary/aromatic N) is 2. The van der Waals surface area contributed by atoms with Crippen LogP contribution in [0.15, 0.2) is 36.7 Å². The first-order valence-electron chi connectivity index (χ1n) is 8.66. The van der Waals surface area contributed by atoms with Crippen LogP contribution in [0.1, 0.15) is 16.7 Å².